The van der Waals surface area contributed by atoms with Gasteiger partial charge in [-0.05, 0) is 30.6 Å². The molecule has 2 fully saturated rings. The summed E-state index contributed by atoms with van der Waals surface area (Å²) in [5.74, 6) is 2.13. The minimum Gasteiger partial charge on any atom is -0.423 e. The third kappa shape index (κ3) is 5.02. The molecule has 0 N–H and O–H groups in total. The molecule has 1 aromatic rings. The lowest BCUT2D eigenvalue weighted by atomic mass is 9.76. The normalized spacial score (nSPS) is 21.7. The van der Waals surface area contributed by atoms with Gasteiger partial charge >= 0.3 is 0 Å². The summed E-state index contributed by atoms with van der Waals surface area (Å²) >= 11 is 0. The molecule has 2 saturated heterocycles. The Morgan fingerprint density at radius 1 is 1.17 bits per heavy atom. The minimum absolute atomic E-state index is 0.0492. The Balaban J connectivity index is 1.74. The van der Waals surface area contributed by atoms with Crippen molar-refractivity contribution < 1.29 is 14.0 Å². The monoisotopic (exact) mass is 419 g/mol. The molecule has 0 bridgehead atoms. The fourth-order valence-electron chi connectivity index (χ4n) is 4.56. The van der Waals surface area contributed by atoms with Gasteiger partial charge in [0, 0.05) is 46.1 Å². The van der Waals surface area contributed by atoms with Crippen molar-refractivity contribution in [3.63, 3.8) is 0 Å². The van der Waals surface area contributed by atoms with E-state index in [0.29, 0.717) is 30.7 Å². The molecule has 0 aliphatic carbocycles. The number of likely N-dealkylation sites (N-methyl/N-ethyl adjacent to an activating group) is 1. The van der Waals surface area contributed by atoms with E-state index >= 15 is 0 Å². The molecule has 8 heteroatoms. The zero-order valence-electron chi connectivity index (χ0n) is 19.3. The zero-order chi connectivity index (χ0) is 22.1. The Kier molecular flexibility index (Phi) is 6.84. The quantitative estimate of drug-likeness (QED) is 0.705. The van der Waals surface area contributed by atoms with Crippen molar-refractivity contribution >= 4 is 11.8 Å². The lowest BCUT2D eigenvalue weighted by Crippen LogP contribution is -2.45. The Labute approximate surface area is 180 Å². The highest BCUT2D eigenvalue weighted by Crippen LogP contribution is 2.48. The lowest BCUT2D eigenvalue weighted by Gasteiger charge is -2.39. The largest absolute Gasteiger partial charge is 0.423 e. The van der Waals surface area contributed by atoms with Gasteiger partial charge in [-0.25, -0.2) is 0 Å². The summed E-state index contributed by atoms with van der Waals surface area (Å²) in [6.45, 7) is 11.0. The maximum Gasteiger partial charge on any atom is 0.236 e. The first-order valence-corrected chi connectivity index (χ1v) is 11.2. The van der Waals surface area contributed by atoms with Gasteiger partial charge in [0.1, 0.15) is 0 Å². The van der Waals surface area contributed by atoms with E-state index < -0.39 is 0 Å². The predicted octanol–water partition coefficient (Wildman–Crippen LogP) is 2.68. The highest BCUT2D eigenvalue weighted by atomic mass is 16.4. The zero-order valence-corrected chi connectivity index (χ0v) is 19.3. The first-order chi connectivity index (χ1) is 14.1. The van der Waals surface area contributed by atoms with E-state index in [1.165, 1.54) is 0 Å². The molecule has 3 heterocycles. The number of carbonyl (C=O) groups excluding carboxylic acids is 2. The molecule has 0 aromatic carbocycles. The topological polar surface area (TPSA) is 82.8 Å². The summed E-state index contributed by atoms with van der Waals surface area (Å²) in [4.78, 5) is 30.8. The van der Waals surface area contributed by atoms with Crippen molar-refractivity contribution in [2.45, 2.75) is 65.3 Å². The lowest BCUT2D eigenvalue weighted by molar-refractivity contribution is -0.134. The molecule has 30 heavy (non-hydrogen) atoms. The number of piperidine rings is 1. The molecule has 0 saturated carbocycles. The number of carbonyl (C=O) groups is 2. The fourth-order valence-corrected chi connectivity index (χ4v) is 4.56. The second-order valence-electron chi connectivity index (χ2n) is 10.0. The maximum absolute atomic E-state index is 12.5. The molecule has 1 unspecified atom stereocenters. The van der Waals surface area contributed by atoms with Crippen LogP contribution in [0.5, 0.6) is 0 Å². The van der Waals surface area contributed by atoms with Crippen LogP contribution in [-0.4, -0.2) is 77.0 Å². The van der Waals surface area contributed by atoms with Gasteiger partial charge in [0.25, 0.3) is 0 Å². The van der Waals surface area contributed by atoms with Gasteiger partial charge in [0.2, 0.25) is 23.6 Å². The smallest absolute Gasteiger partial charge is 0.236 e. The van der Waals surface area contributed by atoms with Crippen molar-refractivity contribution in [1.29, 1.82) is 0 Å². The number of aromatic nitrogens is 2. The van der Waals surface area contributed by atoms with Crippen LogP contribution in [0.2, 0.25) is 0 Å². The standard InChI is InChI=1S/C22H37N5O3/c1-15(2)11-18(28)26-9-7-22(8-10-26)12-17(21-24-23-20(30-21)16(3)4)27(14-22)13-19(29)25(5)6/h15-17H,7-14H2,1-6H3. The number of hydrogen-bond donors (Lipinski definition) is 0. The highest BCUT2D eigenvalue weighted by Gasteiger charge is 2.48. The van der Waals surface area contributed by atoms with Crippen molar-refractivity contribution in [1.82, 2.24) is 24.9 Å². The Morgan fingerprint density at radius 2 is 1.83 bits per heavy atom. The van der Waals surface area contributed by atoms with Gasteiger partial charge < -0.3 is 14.2 Å². The molecule has 2 aliphatic heterocycles. The molecule has 1 atom stereocenters. The molecular formula is C22H37N5O3. The fraction of sp³-hybridized carbons (Fsp3) is 0.818. The third-order valence-electron chi connectivity index (χ3n) is 6.44. The van der Waals surface area contributed by atoms with Crippen molar-refractivity contribution in [2.75, 3.05) is 40.3 Å². The summed E-state index contributed by atoms with van der Waals surface area (Å²) in [6.07, 6.45) is 3.40. The number of rotatable bonds is 6. The predicted molar refractivity (Wildman–Crippen MR) is 114 cm³/mol. The SMILES string of the molecule is CC(C)CC(=O)N1CCC2(CC1)CC(c1nnc(C(C)C)o1)N(CC(=O)N(C)C)C2. The van der Waals surface area contributed by atoms with E-state index in [9.17, 15) is 9.59 Å². The Morgan fingerprint density at radius 3 is 2.37 bits per heavy atom. The van der Waals surface area contributed by atoms with Gasteiger partial charge in [-0.3, -0.25) is 14.5 Å². The summed E-state index contributed by atoms with van der Waals surface area (Å²) in [5, 5.41) is 8.54. The van der Waals surface area contributed by atoms with Crippen LogP contribution >= 0.6 is 0 Å². The van der Waals surface area contributed by atoms with E-state index in [1.54, 1.807) is 19.0 Å². The molecule has 1 aromatic heterocycles. The molecule has 2 amide bonds. The summed E-state index contributed by atoms with van der Waals surface area (Å²) in [6, 6.07) is -0.0492. The first kappa shape index (κ1) is 22.7. The summed E-state index contributed by atoms with van der Waals surface area (Å²) in [5.41, 5.74) is 0.0817. The Hall–Kier alpha value is -1.96. The van der Waals surface area contributed by atoms with E-state index in [1.807, 2.05) is 18.7 Å². The molecular weight excluding hydrogens is 382 g/mol. The average Bonchev–Trinajstić information content (AvgIpc) is 3.27. The number of nitrogens with zero attached hydrogens (tertiary/aromatic N) is 5. The first-order valence-electron chi connectivity index (χ1n) is 11.2. The van der Waals surface area contributed by atoms with Crippen LogP contribution in [0.15, 0.2) is 4.42 Å². The average molecular weight is 420 g/mol. The van der Waals surface area contributed by atoms with Gasteiger partial charge in [0.15, 0.2) is 0 Å². The van der Waals surface area contributed by atoms with Crippen LogP contribution in [0.3, 0.4) is 0 Å². The van der Waals surface area contributed by atoms with Gasteiger partial charge in [-0.2, -0.15) is 0 Å². The molecule has 2 aliphatic rings. The molecule has 168 valence electrons. The van der Waals surface area contributed by atoms with E-state index in [2.05, 4.69) is 28.9 Å². The number of hydrogen-bond acceptors (Lipinski definition) is 6. The van der Waals surface area contributed by atoms with Crippen LogP contribution in [0.25, 0.3) is 0 Å². The molecule has 0 radical (unpaired) electrons. The van der Waals surface area contributed by atoms with E-state index in [-0.39, 0.29) is 29.2 Å². The third-order valence-corrected chi connectivity index (χ3v) is 6.44. The van der Waals surface area contributed by atoms with E-state index in [4.69, 9.17) is 4.42 Å². The maximum atomic E-state index is 12.5. The van der Waals surface area contributed by atoms with Crippen LogP contribution in [0.4, 0.5) is 0 Å². The summed E-state index contributed by atoms with van der Waals surface area (Å²) in [7, 11) is 3.57. The van der Waals surface area contributed by atoms with Gasteiger partial charge in [-0.1, -0.05) is 27.7 Å². The van der Waals surface area contributed by atoms with E-state index in [0.717, 1.165) is 38.9 Å². The minimum atomic E-state index is -0.0492. The summed E-state index contributed by atoms with van der Waals surface area (Å²) < 4.78 is 5.99. The van der Waals surface area contributed by atoms with Crippen molar-refractivity contribution in [2.24, 2.45) is 11.3 Å². The van der Waals surface area contributed by atoms with Gasteiger partial charge in [0.05, 0.1) is 12.6 Å². The van der Waals surface area contributed by atoms with Crippen molar-refractivity contribution in [3.05, 3.63) is 11.8 Å². The van der Waals surface area contributed by atoms with Crippen LogP contribution in [0.1, 0.15) is 77.1 Å². The number of likely N-dealkylation sites (tertiary alicyclic amines) is 2. The second-order valence-corrected chi connectivity index (χ2v) is 10.0. The van der Waals surface area contributed by atoms with Crippen molar-refractivity contribution in [3.8, 4) is 0 Å². The van der Waals surface area contributed by atoms with Gasteiger partial charge in [-0.15, -0.1) is 10.2 Å². The van der Waals surface area contributed by atoms with Crippen LogP contribution in [0, 0.1) is 11.3 Å². The highest BCUT2D eigenvalue weighted by molar-refractivity contribution is 5.78. The van der Waals surface area contributed by atoms with Crippen LogP contribution in [-0.2, 0) is 9.59 Å². The molecule has 3 rings (SSSR count). The molecule has 1 spiro atoms. The second kappa shape index (κ2) is 9.04. The van der Waals surface area contributed by atoms with Crippen LogP contribution < -0.4 is 0 Å². The molecule has 8 nitrogen and oxygen atoms in total. The Bertz CT molecular complexity index is 750. The number of amides is 2.